The second-order valence-corrected chi connectivity index (χ2v) is 7.55. The van der Waals surface area contributed by atoms with Gasteiger partial charge in [-0.3, -0.25) is 4.79 Å². The highest BCUT2D eigenvalue weighted by atomic mass is 35.5. The van der Waals surface area contributed by atoms with Gasteiger partial charge in [0.1, 0.15) is 17.4 Å². The molecule has 7 heteroatoms. The summed E-state index contributed by atoms with van der Waals surface area (Å²) in [6, 6.07) is 8.48. The highest BCUT2D eigenvalue weighted by Crippen LogP contribution is 2.30. The number of pyridine rings is 1. The van der Waals surface area contributed by atoms with Crippen molar-refractivity contribution < 1.29 is 13.9 Å². The van der Waals surface area contributed by atoms with Crippen molar-refractivity contribution in [3.05, 3.63) is 79.8 Å². The van der Waals surface area contributed by atoms with Crippen LogP contribution in [0.5, 0.6) is 11.5 Å². The molecule has 1 aromatic heterocycles. The number of aromatic nitrogens is 1. The Labute approximate surface area is 180 Å². The molecule has 0 saturated heterocycles. The van der Waals surface area contributed by atoms with Crippen LogP contribution in [-0.2, 0) is 6.54 Å². The molecule has 0 fully saturated rings. The third-order valence-corrected chi connectivity index (χ3v) is 5.32. The second kappa shape index (κ2) is 8.79. The fourth-order valence-electron chi connectivity index (χ4n) is 3.31. The molecule has 0 bridgehead atoms. The van der Waals surface area contributed by atoms with Gasteiger partial charge in [0.25, 0.3) is 0 Å². The van der Waals surface area contributed by atoms with Crippen LogP contribution >= 0.6 is 11.6 Å². The smallest absolute Gasteiger partial charge is 0.228 e. The highest BCUT2D eigenvalue weighted by Gasteiger charge is 2.16. The SMILES string of the molecule is COc1cc(C)c(Nc2c(C)c(=O)c(OC)cn2Cc2ccc(F)c(Cl)c2)cc1C. The number of nitrogens with one attached hydrogen (secondary N) is 1. The van der Waals surface area contributed by atoms with Crippen LogP contribution in [0.1, 0.15) is 22.3 Å². The molecule has 0 radical (unpaired) electrons. The van der Waals surface area contributed by atoms with Crippen LogP contribution in [0.25, 0.3) is 0 Å². The Kier molecular flexibility index (Phi) is 6.37. The third-order valence-electron chi connectivity index (χ3n) is 5.03. The molecule has 3 rings (SSSR count). The van der Waals surface area contributed by atoms with E-state index in [2.05, 4.69) is 5.32 Å². The maximum Gasteiger partial charge on any atom is 0.228 e. The van der Waals surface area contributed by atoms with E-state index < -0.39 is 5.82 Å². The van der Waals surface area contributed by atoms with Crippen LogP contribution in [0.4, 0.5) is 15.9 Å². The third kappa shape index (κ3) is 4.28. The fraction of sp³-hybridized carbons (Fsp3) is 0.261. The number of ether oxygens (including phenoxy) is 2. The molecule has 30 heavy (non-hydrogen) atoms. The van der Waals surface area contributed by atoms with Crippen molar-refractivity contribution in [3.63, 3.8) is 0 Å². The molecular weight excluding hydrogens is 407 g/mol. The van der Waals surface area contributed by atoms with Crippen LogP contribution in [0.2, 0.25) is 5.02 Å². The summed E-state index contributed by atoms with van der Waals surface area (Å²) in [5.74, 6) is 1.17. The molecule has 1 N–H and O–H groups in total. The maximum absolute atomic E-state index is 13.6. The average Bonchev–Trinajstić information content (AvgIpc) is 2.72. The molecule has 0 amide bonds. The number of benzene rings is 2. The summed E-state index contributed by atoms with van der Waals surface area (Å²) >= 11 is 5.94. The first kappa shape index (κ1) is 21.7. The Balaban J connectivity index is 2.11. The predicted molar refractivity (Wildman–Crippen MR) is 118 cm³/mol. The first-order chi connectivity index (χ1) is 14.2. The lowest BCUT2D eigenvalue weighted by molar-refractivity contribution is 0.405. The van der Waals surface area contributed by atoms with E-state index in [4.69, 9.17) is 21.1 Å². The first-order valence-electron chi connectivity index (χ1n) is 9.39. The summed E-state index contributed by atoms with van der Waals surface area (Å²) in [6.07, 6.45) is 1.64. The van der Waals surface area contributed by atoms with E-state index >= 15 is 0 Å². The van der Waals surface area contributed by atoms with E-state index in [9.17, 15) is 9.18 Å². The van der Waals surface area contributed by atoms with Gasteiger partial charge in [-0.1, -0.05) is 17.7 Å². The monoisotopic (exact) mass is 430 g/mol. The lowest BCUT2D eigenvalue weighted by Crippen LogP contribution is -2.18. The van der Waals surface area contributed by atoms with Gasteiger partial charge in [0.2, 0.25) is 5.43 Å². The Morgan fingerprint density at radius 2 is 1.73 bits per heavy atom. The lowest BCUT2D eigenvalue weighted by Gasteiger charge is -2.21. The van der Waals surface area contributed by atoms with E-state index in [0.717, 1.165) is 28.1 Å². The number of aryl methyl sites for hydroxylation is 2. The number of hydrogen-bond acceptors (Lipinski definition) is 4. The molecule has 158 valence electrons. The normalized spacial score (nSPS) is 10.8. The number of methoxy groups -OCH3 is 2. The standard InChI is InChI=1S/C23H24ClFN2O3/c1-13-9-20(29-4)14(2)8-19(13)26-23-15(3)22(28)21(30-5)12-27(23)11-16-6-7-18(25)17(24)10-16/h6-10,12,26H,11H2,1-5H3. The molecule has 0 atom stereocenters. The molecule has 0 aliphatic rings. The van der Waals surface area contributed by atoms with Gasteiger partial charge < -0.3 is 19.4 Å². The minimum atomic E-state index is -0.475. The number of hydrogen-bond donors (Lipinski definition) is 1. The van der Waals surface area contributed by atoms with Gasteiger partial charge in [-0.2, -0.15) is 0 Å². The Hall–Kier alpha value is -2.99. The second-order valence-electron chi connectivity index (χ2n) is 7.14. The van der Waals surface area contributed by atoms with Gasteiger partial charge in [-0.05, 0) is 61.7 Å². The van der Waals surface area contributed by atoms with Crippen molar-refractivity contribution in [1.29, 1.82) is 0 Å². The van der Waals surface area contributed by atoms with Crippen molar-refractivity contribution in [2.24, 2.45) is 0 Å². The van der Waals surface area contributed by atoms with Crippen LogP contribution in [0, 0.1) is 26.6 Å². The summed E-state index contributed by atoms with van der Waals surface area (Å²) in [7, 11) is 3.09. The summed E-state index contributed by atoms with van der Waals surface area (Å²) in [4.78, 5) is 12.7. The fourth-order valence-corrected chi connectivity index (χ4v) is 3.52. The van der Waals surface area contributed by atoms with Crippen LogP contribution in [0.3, 0.4) is 0 Å². The van der Waals surface area contributed by atoms with Crippen LogP contribution in [-0.4, -0.2) is 18.8 Å². The molecule has 0 aliphatic heterocycles. The van der Waals surface area contributed by atoms with Crippen LogP contribution in [0.15, 0.2) is 41.3 Å². The summed E-state index contributed by atoms with van der Waals surface area (Å²) in [5.41, 5.74) is 3.89. The van der Waals surface area contributed by atoms with Gasteiger partial charge in [0.15, 0.2) is 5.75 Å². The zero-order chi connectivity index (χ0) is 22.0. The minimum absolute atomic E-state index is 0.0494. The van der Waals surface area contributed by atoms with E-state index in [1.165, 1.54) is 13.2 Å². The van der Waals surface area contributed by atoms with Gasteiger partial charge in [-0.25, -0.2) is 4.39 Å². The molecular formula is C23H24ClFN2O3. The zero-order valence-corrected chi connectivity index (χ0v) is 18.4. The Morgan fingerprint density at radius 1 is 1.03 bits per heavy atom. The van der Waals surface area contributed by atoms with E-state index in [-0.39, 0.29) is 16.2 Å². The lowest BCUT2D eigenvalue weighted by atomic mass is 10.1. The molecule has 0 aliphatic carbocycles. The topological polar surface area (TPSA) is 52.5 Å². The summed E-state index contributed by atoms with van der Waals surface area (Å²) < 4.78 is 26.1. The molecule has 3 aromatic rings. The number of halogens is 2. The van der Waals surface area contributed by atoms with Crippen molar-refractivity contribution in [1.82, 2.24) is 4.57 Å². The van der Waals surface area contributed by atoms with Gasteiger partial charge in [-0.15, -0.1) is 0 Å². The molecule has 5 nitrogen and oxygen atoms in total. The first-order valence-corrected chi connectivity index (χ1v) is 9.77. The maximum atomic E-state index is 13.6. The van der Waals surface area contributed by atoms with Gasteiger partial charge in [0.05, 0.1) is 25.4 Å². The van der Waals surface area contributed by atoms with Crippen molar-refractivity contribution >= 4 is 23.1 Å². The van der Waals surface area contributed by atoms with Crippen molar-refractivity contribution in [2.75, 3.05) is 19.5 Å². The summed E-state index contributed by atoms with van der Waals surface area (Å²) in [5, 5.41) is 3.43. The van der Waals surface area contributed by atoms with Crippen LogP contribution < -0.4 is 20.2 Å². The summed E-state index contributed by atoms with van der Waals surface area (Å²) in [6.45, 7) is 6.03. The number of rotatable bonds is 6. The van der Waals surface area contributed by atoms with E-state index in [0.29, 0.717) is 17.9 Å². The molecule has 0 unspecified atom stereocenters. The largest absolute Gasteiger partial charge is 0.496 e. The Morgan fingerprint density at radius 3 is 2.37 bits per heavy atom. The minimum Gasteiger partial charge on any atom is -0.496 e. The molecule has 2 aromatic carbocycles. The van der Waals surface area contributed by atoms with Gasteiger partial charge >= 0.3 is 0 Å². The van der Waals surface area contributed by atoms with Crippen molar-refractivity contribution in [3.8, 4) is 11.5 Å². The highest BCUT2D eigenvalue weighted by molar-refractivity contribution is 6.30. The Bertz CT molecular complexity index is 1160. The van der Waals surface area contributed by atoms with E-state index in [1.54, 1.807) is 32.4 Å². The predicted octanol–water partition coefficient (Wildman–Crippen LogP) is 5.38. The zero-order valence-electron chi connectivity index (χ0n) is 17.6. The molecule has 0 saturated carbocycles. The molecule has 1 heterocycles. The average molecular weight is 431 g/mol. The molecule has 0 spiro atoms. The van der Waals surface area contributed by atoms with Gasteiger partial charge in [0, 0.05) is 17.8 Å². The quantitative estimate of drug-likeness (QED) is 0.570. The number of anilines is 2. The van der Waals surface area contributed by atoms with E-state index in [1.807, 2.05) is 30.5 Å². The van der Waals surface area contributed by atoms with Crippen molar-refractivity contribution in [2.45, 2.75) is 27.3 Å². The number of nitrogens with zero attached hydrogens (tertiary/aromatic N) is 1.